The van der Waals surface area contributed by atoms with Gasteiger partial charge in [0.2, 0.25) is 11.6 Å². The normalized spacial score (nSPS) is 22.3. The summed E-state index contributed by atoms with van der Waals surface area (Å²) in [6.07, 6.45) is 9.09. The summed E-state index contributed by atoms with van der Waals surface area (Å²) in [5, 5.41) is 31.4. The summed E-state index contributed by atoms with van der Waals surface area (Å²) in [7, 11) is 0. The van der Waals surface area contributed by atoms with Crippen LogP contribution in [0, 0.1) is 62.4 Å². The Morgan fingerprint density at radius 3 is 1.29 bits per heavy atom. The van der Waals surface area contributed by atoms with Crippen LogP contribution in [0.25, 0.3) is 0 Å². The number of aryl methyl sites for hydroxylation is 1. The quantitative estimate of drug-likeness (QED) is 0.123. The molecule has 6 rings (SSSR count). The summed E-state index contributed by atoms with van der Waals surface area (Å²) in [6.45, 7) is 6.53. The number of carbonyl (C=O) groups excluding carboxylic acids is 3. The number of nitrogen functional groups attached to an aromatic ring is 1. The third-order valence-corrected chi connectivity index (χ3v) is 10.7. The molecule has 322 valence electrons. The van der Waals surface area contributed by atoms with Gasteiger partial charge >= 0.3 is 11.4 Å². The van der Waals surface area contributed by atoms with Crippen molar-refractivity contribution in [1.29, 1.82) is 0 Å². The second-order valence-corrected chi connectivity index (χ2v) is 15.3. The van der Waals surface area contributed by atoms with Crippen molar-refractivity contribution in [2.24, 2.45) is 17.8 Å². The maximum atomic E-state index is 13.5. The van der Waals surface area contributed by atoms with Gasteiger partial charge in [-0.15, -0.1) is 6.10 Å². The SMILES string of the molecule is CC(=O)C1CCC(Oc2ccc(N)c(F)c2)CC1.CC(=O)C1CCC(Oc2ccc([N+](=O)[O-])c(F)c2)CC1.CC(=O)C1CCC([O-])CC1.Cc1ccc([N+](=O)[O-])c(F)c1. The molecule has 3 aromatic rings. The van der Waals surface area contributed by atoms with Crippen LogP contribution in [0.3, 0.4) is 0 Å². The molecule has 0 atom stereocenters. The van der Waals surface area contributed by atoms with Crippen molar-refractivity contribution < 1.29 is 52.0 Å². The summed E-state index contributed by atoms with van der Waals surface area (Å²) >= 11 is 0. The van der Waals surface area contributed by atoms with E-state index in [4.69, 9.17) is 15.2 Å². The van der Waals surface area contributed by atoms with E-state index in [2.05, 4.69) is 0 Å². The van der Waals surface area contributed by atoms with Gasteiger partial charge in [0.1, 0.15) is 34.7 Å². The Morgan fingerprint density at radius 1 is 0.576 bits per heavy atom. The van der Waals surface area contributed by atoms with Crippen molar-refractivity contribution in [3.63, 3.8) is 0 Å². The number of ether oxygens (including phenoxy) is 2. The molecular formula is C43H53F3N3O10-. The van der Waals surface area contributed by atoms with E-state index < -0.39 is 44.8 Å². The van der Waals surface area contributed by atoms with Gasteiger partial charge in [0, 0.05) is 42.0 Å². The van der Waals surface area contributed by atoms with E-state index in [9.17, 15) is 52.9 Å². The molecule has 0 saturated heterocycles. The van der Waals surface area contributed by atoms with Crippen LogP contribution >= 0.6 is 0 Å². The van der Waals surface area contributed by atoms with Crippen LogP contribution in [0.15, 0.2) is 54.6 Å². The number of hydrogen-bond acceptors (Lipinski definition) is 11. The Bertz CT molecular complexity index is 1910. The van der Waals surface area contributed by atoms with Gasteiger partial charge in [-0.25, -0.2) is 4.39 Å². The van der Waals surface area contributed by atoms with Gasteiger partial charge in [0.25, 0.3) is 0 Å². The number of nitro benzene ring substituents is 2. The fourth-order valence-electron chi connectivity index (χ4n) is 7.08. The molecule has 0 spiro atoms. The highest BCUT2D eigenvalue weighted by atomic mass is 19.1. The average molecular weight is 829 g/mol. The van der Waals surface area contributed by atoms with Gasteiger partial charge in [0.05, 0.1) is 27.7 Å². The van der Waals surface area contributed by atoms with Crippen LogP contribution in [0.5, 0.6) is 11.5 Å². The predicted molar refractivity (Wildman–Crippen MR) is 212 cm³/mol. The van der Waals surface area contributed by atoms with Crippen molar-refractivity contribution in [3.8, 4) is 11.5 Å². The first-order valence-electron chi connectivity index (χ1n) is 19.7. The number of hydrogen-bond donors (Lipinski definition) is 1. The molecule has 0 amide bonds. The van der Waals surface area contributed by atoms with Crippen LogP contribution in [0.2, 0.25) is 0 Å². The number of nitrogens with zero attached hydrogens (tertiary/aromatic N) is 2. The summed E-state index contributed by atoms with van der Waals surface area (Å²) in [5.74, 6) is -0.150. The second kappa shape index (κ2) is 23.3. The lowest BCUT2D eigenvalue weighted by Crippen LogP contribution is -2.31. The monoisotopic (exact) mass is 828 g/mol. The molecule has 0 aromatic heterocycles. The lowest BCUT2D eigenvalue weighted by atomic mass is 9.85. The number of rotatable bonds is 9. The molecule has 3 aromatic carbocycles. The molecule has 0 heterocycles. The fourth-order valence-corrected chi connectivity index (χ4v) is 7.08. The topological polar surface area (TPSA) is 205 Å². The number of Topliss-reactive ketones (excluding diaryl/α,β-unsaturated/α-hetero) is 3. The third-order valence-electron chi connectivity index (χ3n) is 10.7. The third kappa shape index (κ3) is 16.1. The zero-order valence-electron chi connectivity index (χ0n) is 33.8. The second-order valence-electron chi connectivity index (χ2n) is 15.3. The number of benzene rings is 3. The summed E-state index contributed by atoms with van der Waals surface area (Å²) < 4.78 is 50.7. The van der Waals surface area contributed by atoms with Crippen LogP contribution < -0.4 is 20.3 Å². The Kier molecular flexibility index (Phi) is 18.9. The lowest BCUT2D eigenvalue weighted by Gasteiger charge is -2.30. The Hall–Kier alpha value is -5.38. The van der Waals surface area contributed by atoms with Gasteiger partial charge in [0.15, 0.2) is 0 Å². The van der Waals surface area contributed by atoms with Gasteiger partial charge in [-0.3, -0.25) is 34.6 Å². The first-order valence-corrected chi connectivity index (χ1v) is 19.7. The minimum absolute atomic E-state index is 0.0635. The number of anilines is 1. The smallest absolute Gasteiger partial charge is 0.305 e. The summed E-state index contributed by atoms with van der Waals surface area (Å²) in [4.78, 5) is 52.4. The molecule has 3 aliphatic carbocycles. The highest BCUT2D eigenvalue weighted by Gasteiger charge is 2.27. The molecule has 59 heavy (non-hydrogen) atoms. The molecule has 3 fully saturated rings. The molecule has 0 bridgehead atoms. The minimum Gasteiger partial charge on any atom is -0.852 e. The van der Waals surface area contributed by atoms with Gasteiger partial charge in [-0.2, -0.15) is 8.78 Å². The molecular weight excluding hydrogens is 775 g/mol. The zero-order chi connectivity index (χ0) is 43.8. The van der Waals surface area contributed by atoms with E-state index in [1.807, 2.05) is 0 Å². The van der Waals surface area contributed by atoms with Crippen molar-refractivity contribution in [3.05, 3.63) is 97.8 Å². The maximum absolute atomic E-state index is 13.5. The molecule has 3 aliphatic rings. The zero-order valence-corrected chi connectivity index (χ0v) is 33.8. The Balaban J connectivity index is 0.000000219. The fraction of sp³-hybridized carbons (Fsp3) is 0.512. The molecule has 3 saturated carbocycles. The summed E-state index contributed by atoms with van der Waals surface area (Å²) in [5.41, 5.74) is 5.17. The van der Waals surface area contributed by atoms with Crippen molar-refractivity contribution >= 4 is 34.4 Å². The average Bonchev–Trinajstić information content (AvgIpc) is 3.17. The van der Waals surface area contributed by atoms with Crippen LogP contribution in [-0.2, 0) is 14.4 Å². The minimum atomic E-state index is -0.898. The number of ketones is 3. The van der Waals surface area contributed by atoms with E-state index >= 15 is 0 Å². The van der Waals surface area contributed by atoms with E-state index in [0.717, 1.165) is 88.5 Å². The standard InChI is InChI=1S/C14H16FNO4.C14H18FNO2.C8H13O2.C7H6FNO2/c1-9(17)10-2-4-11(5-3-10)20-12-6-7-14(16(18)19)13(15)8-12;1-9(17)10-2-4-11(5-3-10)18-12-6-7-14(16)13(15)8-12;1-6(9)7-2-4-8(10)5-3-7;1-5-2-3-7(9(10)11)6(8)4-5/h6-8,10-11H,2-5H2,1H3;6-8,10-11H,2-5,16H2,1H3;7-8H,2-5H2,1H3;2-4H,1H3/q;;-1;. The molecule has 0 radical (unpaired) electrons. The highest BCUT2D eigenvalue weighted by molar-refractivity contribution is 5.79. The number of halogens is 3. The first kappa shape index (κ1) is 48.0. The van der Waals surface area contributed by atoms with Crippen molar-refractivity contribution in [1.82, 2.24) is 0 Å². The largest absolute Gasteiger partial charge is 0.852 e. The van der Waals surface area contributed by atoms with Gasteiger partial charge < -0.3 is 20.3 Å². The van der Waals surface area contributed by atoms with Crippen molar-refractivity contribution in [2.45, 2.75) is 123 Å². The van der Waals surface area contributed by atoms with Crippen LogP contribution in [0.4, 0.5) is 30.2 Å². The molecule has 0 unspecified atom stereocenters. The highest BCUT2D eigenvalue weighted by Crippen LogP contribution is 2.31. The Morgan fingerprint density at radius 2 is 0.932 bits per heavy atom. The lowest BCUT2D eigenvalue weighted by molar-refractivity contribution is -0.426. The maximum Gasteiger partial charge on any atom is 0.305 e. The van der Waals surface area contributed by atoms with Crippen LogP contribution in [0.1, 0.15) is 103 Å². The number of nitro groups is 2. The van der Waals surface area contributed by atoms with Gasteiger partial charge in [-0.05, 0) is 122 Å². The van der Waals surface area contributed by atoms with Gasteiger partial charge in [-0.1, -0.05) is 18.9 Å². The Labute approximate surface area is 341 Å². The summed E-state index contributed by atoms with van der Waals surface area (Å²) in [6, 6.07) is 11.8. The van der Waals surface area contributed by atoms with E-state index in [0.29, 0.717) is 29.9 Å². The van der Waals surface area contributed by atoms with Crippen molar-refractivity contribution in [2.75, 3.05) is 5.73 Å². The molecule has 2 N–H and O–H groups in total. The van der Waals surface area contributed by atoms with E-state index in [1.165, 1.54) is 24.3 Å². The van der Waals surface area contributed by atoms with E-state index in [1.54, 1.807) is 33.8 Å². The molecule has 16 heteroatoms. The molecule has 13 nitrogen and oxygen atoms in total. The predicted octanol–water partition coefficient (Wildman–Crippen LogP) is 8.73. The number of nitrogens with two attached hydrogens (primary N) is 1. The van der Waals surface area contributed by atoms with Crippen LogP contribution in [-0.4, -0.2) is 45.5 Å². The molecule has 0 aliphatic heterocycles. The first-order chi connectivity index (χ1) is 27.8. The van der Waals surface area contributed by atoms with E-state index in [-0.39, 0.29) is 53.0 Å². The number of carbonyl (C=O) groups is 3.